The van der Waals surface area contributed by atoms with Gasteiger partial charge in [-0.25, -0.2) is 4.57 Å². The van der Waals surface area contributed by atoms with Gasteiger partial charge in [0, 0.05) is 0 Å². The molecule has 0 aromatic heterocycles. The van der Waals surface area contributed by atoms with Gasteiger partial charge in [-0.05, 0) is 0 Å². The molecule has 0 aromatic rings. The van der Waals surface area contributed by atoms with Gasteiger partial charge >= 0.3 is 7.82 Å². The fourth-order valence-corrected chi connectivity index (χ4v) is 1.23. The van der Waals surface area contributed by atoms with Crippen molar-refractivity contribution in [3.05, 3.63) is 0 Å². The Morgan fingerprint density at radius 3 is 2.36 bits per heavy atom. The second kappa shape index (κ2) is 5.58. The fraction of sp³-hybridized carbons (Fsp3) is 0.857. The minimum absolute atomic E-state index is 0.107. The van der Waals surface area contributed by atoms with E-state index in [0.717, 1.165) is 0 Å². The van der Waals surface area contributed by atoms with Crippen molar-refractivity contribution in [3.8, 4) is 0 Å². The van der Waals surface area contributed by atoms with Crippen molar-refractivity contribution >= 4 is 14.1 Å². The molecule has 1 N–H and O–H groups in total. The lowest BCUT2D eigenvalue weighted by Crippen LogP contribution is -2.37. The molecule has 0 amide bonds. The van der Waals surface area contributed by atoms with E-state index < -0.39 is 14.4 Å². The molecule has 0 heterocycles. The summed E-state index contributed by atoms with van der Waals surface area (Å²) in [4.78, 5) is 18.9. The van der Waals surface area contributed by atoms with Crippen LogP contribution in [0, 0.1) is 0 Å². The summed E-state index contributed by atoms with van der Waals surface area (Å²) in [6.45, 7) is 0.253. The Bertz CT molecular complexity index is 225. The van der Waals surface area contributed by atoms with Crippen LogP contribution in [0.15, 0.2) is 0 Å². The number of aldehydes is 1. The summed E-state index contributed by atoms with van der Waals surface area (Å²) in [6.07, 6.45) is 0.395. The number of quaternary nitrogens is 1. The molecule has 0 saturated carbocycles. The van der Waals surface area contributed by atoms with E-state index in [1.54, 1.807) is 0 Å². The van der Waals surface area contributed by atoms with Crippen LogP contribution in [0.4, 0.5) is 0 Å². The van der Waals surface area contributed by atoms with E-state index in [-0.39, 0.29) is 6.61 Å². The molecule has 0 spiro atoms. The van der Waals surface area contributed by atoms with Crippen molar-refractivity contribution in [1.29, 1.82) is 0 Å². The highest BCUT2D eigenvalue weighted by Crippen LogP contribution is 2.42. The maximum Gasteiger partial charge on any atom is 0.472 e. The maximum absolute atomic E-state index is 11.0. The number of hydrogen-bond acceptors (Lipinski definition) is 4. The van der Waals surface area contributed by atoms with Gasteiger partial charge < -0.3 is 14.2 Å². The van der Waals surface area contributed by atoms with Crippen molar-refractivity contribution < 1.29 is 27.8 Å². The molecular formula is C7H17NO5P+. The van der Waals surface area contributed by atoms with Crippen molar-refractivity contribution in [1.82, 2.24) is 0 Å². The predicted octanol–water partition coefficient (Wildman–Crippen LogP) is 0.0251. The van der Waals surface area contributed by atoms with Gasteiger partial charge in [0.1, 0.15) is 26.0 Å². The van der Waals surface area contributed by atoms with Crippen molar-refractivity contribution in [2.45, 2.75) is 0 Å². The third-order valence-electron chi connectivity index (χ3n) is 1.32. The zero-order valence-electron chi connectivity index (χ0n) is 8.67. The molecule has 6 nitrogen and oxygen atoms in total. The molecule has 0 rings (SSSR count). The average molecular weight is 226 g/mol. The van der Waals surface area contributed by atoms with Gasteiger partial charge in [0.2, 0.25) is 0 Å². The first-order chi connectivity index (χ1) is 6.27. The predicted molar refractivity (Wildman–Crippen MR) is 50.7 cm³/mol. The molecule has 0 aromatic carbocycles. The van der Waals surface area contributed by atoms with E-state index in [4.69, 9.17) is 4.89 Å². The van der Waals surface area contributed by atoms with Crippen LogP contribution >= 0.6 is 7.82 Å². The molecule has 7 heteroatoms. The lowest BCUT2D eigenvalue weighted by molar-refractivity contribution is -0.870. The maximum atomic E-state index is 11.0. The van der Waals surface area contributed by atoms with E-state index in [1.165, 1.54) is 0 Å². The number of carbonyl (C=O) groups excluding carboxylic acids is 1. The highest BCUT2D eigenvalue weighted by atomic mass is 31.2. The summed E-state index contributed by atoms with van der Waals surface area (Å²) >= 11 is 0. The van der Waals surface area contributed by atoms with Gasteiger partial charge in [-0.15, -0.1) is 0 Å². The summed E-state index contributed by atoms with van der Waals surface area (Å²) in [5.74, 6) is 0. The molecule has 0 aliphatic heterocycles. The van der Waals surface area contributed by atoms with Gasteiger partial charge in [-0.3, -0.25) is 9.05 Å². The van der Waals surface area contributed by atoms with Crippen molar-refractivity contribution in [2.24, 2.45) is 0 Å². The Morgan fingerprint density at radius 2 is 1.93 bits per heavy atom. The second-order valence-electron chi connectivity index (χ2n) is 3.78. The number of phosphoric ester groups is 1. The smallest absolute Gasteiger partial charge is 0.329 e. The Morgan fingerprint density at radius 1 is 1.36 bits per heavy atom. The average Bonchev–Trinajstić information content (AvgIpc) is 1.98. The molecule has 0 bridgehead atoms. The van der Waals surface area contributed by atoms with Gasteiger partial charge in [0.25, 0.3) is 0 Å². The van der Waals surface area contributed by atoms with Crippen LogP contribution in [0.2, 0.25) is 0 Å². The second-order valence-corrected chi connectivity index (χ2v) is 5.23. The first kappa shape index (κ1) is 13.7. The van der Waals surface area contributed by atoms with Gasteiger partial charge in [0.15, 0.2) is 0 Å². The summed E-state index contributed by atoms with van der Waals surface area (Å²) in [6, 6.07) is 0. The lowest BCUT2D eigenvalue weighted by atomic mass is 10.5. The molecule has 14 heavy (non-hydrogen) atoms. The van der Waals surface area contributed by atoms with E-state index >= 15 is 0 Å². The Balaban J connectivity index is 3.76. The third-order valence-corrected chi connectivity index (χ3v) is 2.31. The van der Waals surface area contributed by atoms with E-state index in [9.17, 15) is 9.36 Å². The molecular weight excluding hydrogens is 209 g/mol. The minimum atomic E-state index is -4.04. The van der Waals surface area contributed by atoms with E-state index in [0.29, 0.717) is 17.3 Å². The molecule has 0 aliphatic rings. The van der Waals surface area contributed by atoms with Crippen LogP contribution in [0.3, 0.4) is 0 Å². The fourth-order valence-electron chi connectivity index (χ4n) is 0.592. The van der Waals surface area contributed by atoms with Crippen molar-refractivity contribution in [3.63, 3.8) is 0 Å². The largest absolute Gasteiger partial charge is 0.472 e. The number of nitrogens with zero attached hydrogens (tertiary/aromatic N) is 1. The minimum Gasteiger partial charge on any atom is -0.329 e. The van der Waals surface area contributed by atoms with E-state index in [1.807, 2.05) is 21.1 Å². The van der Waals surface area contributed by atoms with Crippen LogP contribution in [-0.4, -0.2) is 56.6 Å². The Hall–Kier alpha value is -0.260. The zero-order valence-corrected chi connectivity index (χ0v) is 9.57. The highest BCUT2D eigenvalue weighted by molar-refractivity contribution is 7.47. The zero-order chi connectivity index (χ0) is 11.2. The van der Waals surface area contributed by atoms with Crippen LogP contribution in [0.5, 0.6) is 0 Å². The van der Waals surface area contributed by atoms with Crippen LogP contribution in [0.1, 0.15) is 0 Å². The van der Waals surface area contributed by atoms with E-state index in [2.05, 4.69) is 9.05 Å². The van der Waals surface area contributed by atoms with Gasteiger partial charge in [-0.1, -0.05) is 0 Å². The van der Waals surface area contributed by atoms with Gasteiger partial charge in [-0.2, -0.15) is 0 Å². The first-order valence-electron chi connectivity index (χ1n) is 4.13. The molecule has 84 valence electrons. The topological polar surface area (TPSA) is 72.8 Å². The van der Waals surface area contributed by atoms with Crippen LogP contribution < -0.4 is 0 Å². The number of phosphoric acid groups is 1. The molecule has 0 aliphatic carbocycles. The summed E-state index contributed by atoms with van der Waals surface area (Å²) in [7, 11) is 1.75. The standard InChI is InChI=1S/C7H16NO5P/c1-8(2,3)4-6-12-14(10,11)13-7-5-9/h5H,4,6-7H2,1-3H3/p+1. The summed E-state index contributed by atoms with van der Waals surface area (Å²) in [5, 5.41) is 0. The SMILES string of the molecule is C[N+](C)(C)CCOP(=O)(O)OCC=O. The quantitative estimate of drug-likeness (QED) is 0.376. The van der Waals surface area contributed by atoms with Crippen molar-refractivity contribution in [2.75, 3.05) is 40.9 Å². The summed E-state index contributed by atoms with van der Waals surface area (Å²) in [5.41, 5.74) is 0. The number of carbonyl (C=O) groups is 1. The molecule has 0 radical (unpaired) electrons. The number of hydrogen-bond donors (Lipinski definition) is 1. The number of rotatable bonds is 7. The summed E-state index contributed by atoms with van der Waals surface area (Å²) < 4.78 is 20.6. The highest BCUT2D eigenvalue weighted by Gasteiger charge is 2.21. The normalized spacial score (nSPS) is 16.3. The molecule has 1 atom stereocenters. The molecule has 0 saturated heterocycles. The Labute approximate surface area is 83.6 Å². The lowest BCUT2D eigenvalue weighted by Gasteiger charge is -2.23. The van der Waals surface area contributed by atoms with Crippen LogP contribution in [-0.2, 0) is 18.4 Å². The number of likely N-dealkylation sites (N-methyl/N-ethyl adjacent to an activating group) is 1. The monoisotopic (exact) mass is 226 g/mol. The third kappa shape index (κ3) is 8.34. The van der Waals surface area contributed by atoms with Crippen LogP contribution in [0.25, 0.3) is 0 Å². The Kier molecular flexibility index (Phi) is 5.48. The first-order valence-corrected chi connectivity index (χ1v) is 5.62. The van der Waals surface area contributed by atoms with Gasteiger partial charge in [0.05, 0.1) is 21.1 Å². The molecule has 1 unspecified atom stereocenters. The molecule has 0 fully saturated rings.